The van der Waals surface area contributed by atoms with Gasteiger partial charge in [0.1, 0.15) is 5.82 Å². The summed E-state index contributed by atoms with van der Waals surface area (Å²) in [7, 11) is 0. The lowest BCUT2D eigenvalue weighted by atomic mass is 10.1. The van der Waals surface area contributed by atoms with Crippen molar-refractivity contribution in [3.05, 3.63) is 59.7 Å². The number of carbonyl (C=O) groups excluding carboxylic acids is 1. The number of benzene rings is 2. The summed E-state index contributed by atoms with van der Waals surface area (Å²) in [5, 5.41) is 16.5. The molecule has 0 aliphatic carbocycles. The second-order valence-electron chi connectivity index (χ2n) is 6.36. The Morgan fingerprint density at radius 3 is 2.76 bits per heavy atom. The molecule has 0 spiro atoms. The van der Waals surface area contributed by atoms with Crippen LogP contribution in [0.15, 0.2) is 42.5 Å². The van der Waals surface area contributed by atoms with Crippen LogP contribution in [0.5, 0.6) is 0 Å². The Morgan fingerprint density at radius 1 is 1.00 bits per heavy atom. The highest BCUT2D eigenvalue weighted by atomic mass is 16.2. The van der Waals surface area contributed by atoms with E-state index < -0.39 is 0 Å². The Bertz CT molecular complexity index is 902. The van der Waals surface area contributed by atoms with E-state index in [9.17, 15) is 4.79 Å². The van der Waals surface area contributed by atoms with Gasteiger partial charge in [-0.15, -0.1) is 10.2 Å². The Labute approximate surface area is 146 Å². The minimum absolute atomic E-state index is 0.193. The molecule has 2 N–H and O–H groups in total. The van der Waals surface area contributed by atoms with Crippen molar-refractivity contribution >= 4 is 16.8 Å². The molecule has 3 aromatic rings. The first-order chi connectivity index (χ1) is 12.3. The average Bonchev–Trinajstić information content (AvgIpc) is 3.08. The van der Waals surface area contributed by atoms with Gasteiger partial charge in [-0.05, 0) is 35.2 Å². The zero-order valence-electron chi connectivity index (χ0n) is 14.0. The molecule has 6 nitrogen and oxygen atoms in total. The van der Waals surface area contributed by atoms with Crippen LogP contribution in [-0.4, -0.2) is 20.8 Å². The summed E-state index contributed by atoms with van der Waals surface area (Å²) in [5.74, 6) is 1.86. The van der Waals surface area contributed by atoms with Crippen molar-refractivity contribution in [2.24, 2.45) is 0 Å². The van der Waals surface area contributed by atoms with Crippen molar-refractivity contribution in [3.63, 3.8) is 0 Å². The van der Waals surface area contributed by atoms with E-state index in [-0.39, 0.29) is 6.03 Å². The molecule has 25 heavy (non-hydrogen) atoms. The molecule has 2 heterocycles. The lowest BCUT2D eigenvalue weighted by molar-refractivity contribution is 0.239. The van der Waals surface area contributed by atoms with Gasteiger partial charge >= 0.3 is 6.03 Å². The summed E-state index contributed by atoms with van der Waals surface area (Å²) in [5.41, 5.74) is 1.08. The number of amides is 2. The molecule has 0 bridgehead atoms. The van der Waals surface area contributed by atoms with Gasteiger partial charge in [-0.3, -0.25) is 0 Å². The third-order valence-corrected chi connectivity index (χ3v) is 4.61. The van der Waals surface area contributed by atoms with E-state index in [2.05, 4.69) is 49.7 Å². The molecule has 2 amide bonds. The van der Waals surface area contributed by atoms with Gasteiger partial charge in [-0.25, -0.2) is 4.79 Å². The van der Waals surface area contributed by atoms with Gasteiger partial charge in [0.2, 0.25) is 0 Å². The van der Waals surface area contributed by atoms with Crippen molar-refractivity contribution in [1.82, 2.24) is 25.4 Å². The van der Waals surface area contributed by atoms with Crippen molar-refractivity contribution in [1.29, 1.82) is 0 Å². The lowest BCUT2D eigenvalue weighted by Gasteiger charge is -2.15. The van der Waals surface area contributed by atoms with Crippen LogP contribution in [0.25, 0.3) is 10.8 Å². The smallest absolute Gasteiger partial charge is 0.315 e. The fourth-order valence-corrected chi connectivity index (χ4v) is 3.25. The van der Waals surface area contributed by atoms with Gasteiger partial charge in [-0.2, -0.15) is 0 Å². The second-order valence-corrected chi connectivity index (χ2v) is 6.36. The maximum atomic E-state index is 12.1. The quantitative estimate of drug-likeness (QED) is 0.770. The van der Waals surface area contributed by atoms with Crippen molar-refractivity contribution in [2.45, 2.75) is 38.9 Å². The fraction of sp³-hybridized carbons (Fsp3) is 0.316. The Morgan fingerprint density at radius 2 is 1.84 bits per heavy atom. The molecular weight excluding hydrogens is 314 g/mol. The lowest BCUT2D eigenvalue weighted by Crippen LogP contribution is -2.35. The van der Waals surface area contributed by atoms with Crippen LogP contribution in [0.2, 0.25) is 0 Å². The minimum atomic E-state index is -0.193. The van der Waals surface area contributed by atoms with Crippen LogP contribution < -0.4 is 10.6 Å². The van der Waals surface area contributed by atoms with Crippen LogP contribution in [-0.2, 0) is 26.1 Å². The standard InChI is InChI=1S/C19H21N5O/c25-19(21-13-18-23-22-17-7-3-4-10-24(17)18)20-12-14-8-9-15-5-1-2-6-16(15)11-14/h1-2,5-6,8-9,11H,3-4,7,10,12-13H2,(H2,20,21,25). The van der Waals surface area contributed by atoms with E-state index in [1.54, 1.807) is 0 Å². The fourth-order valence-electron chi connectivity index (χ4n) is 3.25. The van der Waals surface area contributed by atoms with Crippen LogP contribution in [0.4, 0.5) is 4.79 Å². The topological polar surface area (TPSA) is 71.8 Å². The van der Waals surface area contributed by atoms with Crippen LogP contribution in [0.1, 0.15) is 30.1 Å². The molecule has 128 valence electrons. The number of hydrogen-bond donors (Lipinski definition) is 2. The number of nitrogens with one attached hydrogen (secondary N) is 2. The van der Waals surface area contributed by atoms with E-state index >= 15 is 0 Å². The highest BCUT2D eigenvalue weighted by Gasteiger charge is 2.15. The number of carbonyl (C=O) groups is 1. The molecule has 2 aromatic carbocycles. The molecule has 0 atom stereocenters. The summed E-state index contributed by atoms with van der Waals surface area (Å²) in [6.07, 6.45) is 3.28. The number of hydrogen-bond acceptors (Lipinski definition) is 3. The molecule has 0 unspecified atom stereocenters. The zero-order chi connectivity index (χ0) is 17.1. The summed E-state index contributed by atoms with van der Waals surface area (Å²) >= 11 is 0. The van der Waals surface area contributed by atoms with E-state index in [0.29, 0.717) is 13.1 Å². The number of aromatic nitrogens is 3. The maximum absolute atomic E-state index is 12.1. The largest absolute Gasteiger partial charge is 0.334 e. The van der Waals surface area contributed by atoms with Gasteiger partial charge in [0, 0.05) is 19.5 Å². The van der Waals surface area contributed by atoms with E-state index in [1.165, 1.54) is 10.8 Å². The van der Waals surface area contributed by atoms with Crippen LogP contribution in [0.3, 0.4) is 0 Å². The van der Waals surface area contributed by atoms with Gasteiger partial charge < -0.3 is 15.2 Å². The highest BCUT2D eigenvalue weighted by molar-refractivity contribution is 5.83. The molecular formula is C19H21N5O. The number of urea groups is 1. The molecule has 0 radical (unpaired) electrons. The van der Waals surface area contributed by atoms with Gasteiger partial charge in [0.25, 0.3) is 0 Å². The number of nitrogens with zero attached hydrogens (tertiary/aromatic N) is 3. The molecule has 0 saturated carbocycles. The number of rotatable bonds is 4. The van der Waals surface area contributed by atoms with Gasteiger partial charge in [-0.1, -0.05) is 36.4 Å². The maximum Gasteiger partial charge on any atom is 0.315 e. The SMILES string of the molecule is O=C(NCc1ccc2ccccc2c1)NCc1nnc2n1CCCC2. The molecule has 1 aliphatic rings. The van der Waals surface area contributed by atoms with Gasteiger partial charge in [0.15, 0.2) is 5.82 Å². The van der Waals surface area contributed by atoms with Crippen molar-refractivity contribution < 1.29 is 4.79 Å². The van der Waals surface area contributed by atoms with E-state index in [1.807, 2.05) is 18.2 Å². The molecule has 6 heteroatoms. The third kappa shape index (κ3) is 3.47. The first-order valence-electron chi connectivity index (χ1n) is 8.70. The first-order valence-corrected chi connectivity index (χ1v) is 8.70. The molecule has 0 saturated heterocycles. The zero-order valence-corrected chi connectivity index (χ0v) is 14.0. The monoisotopic (exact) mass is 335 g/mol. The molecule has 1 aliphatic heterocycles. The minimum Gasteiger partial charge on any atom is -0.334 e. The van der Waals surface area contributed by atoms with E-state index in [0.717, 1.165) is 43.0 Å². The van der Waals surface area contributed by atoms with Crippen LogP contribution >= 0.6 is 0 Å². The predicted octanol–water partition coefficient (Wildman–Crippen LogP) is 2.77. The normalized spacial score (nSPS) is 13.4. The average molecular weight is 335 g/mol. The Kier molecular flexibility index (Phi) is 4.33. The third-order valence-electron chi connectivity index (χ3n) is 4.61. The first kappa shape index (κ1) is 15.6. The summed E-state index contributed by atoms with van der Waals surface area (Å²) < 4.78 is 2.12. The second kappa shape index (κ2) is 6.93. The number of aryl methyl sites for hydroxylation is 1. The predicted molar refractivity (Wildman–Crippen MR) is 96.0 cm³/mol. The summed E-state index contributed by atoms with van der Waals surface area (Å²) in [6.45, 7) is 1.84. The van der Waals surface area contributed by atoms with Gasteiger partial charge in [0.05, 0.1) is 6.54 Å². The van der Waals surface area contributed by atoms with E-state index in [4.69, 9.17) is 0 Å². The molecule has 1 aromatic heterocycles. The summed E-state index contributed by atoms with van der Waals surface area (Å²) in [6, 6.07) is 14.2. The highest BCUT2D eigenvalue weighted by Crippen LogP contribution is 2.16. The number of fused-ring (bicyclic) bond motifs is 2. The van der Waals surface area contributed by atoms with Crippen LogP contribution in [0, 0.1) is 0 Å². The molecule has 4 rings (SSSR count). The van der Waals surface area contributed by atoms with Crippen molar-refractivity contribution in [3.8, 4) is 0 Å². The Balaban J connectivity index is 1.32. The Hall–Kier alpha value is -2.89. The summed E-state index contributed by atoms with van der Waals surface area (Å²) in [4.78, 5) is 12.1. The van der Waals surface area contributed by atoms with Crippen molar-refractivity contribution in [2.75, 3.05) is 0 Å². The molecule has 0 fully saturated rings.